The van der Waals surface area contributed by atoms with Gasteiger partial charge >= 0.3 is 5.97 Å². The zero-order valence-electron chi connectivity index (χ0n) is 15.2. The van der Waals surface area contributed by atoms with E-state index in [0.717, 1.165) is 23.4 Å². The molecule has 5 nitrogen and oxygen atoms in total. The molecule has 0 heterocycles. The van der Waals surface area contributed by atoms with Gasteiger partial charge in [-0.1, -0.05) is 6.07 Å². The van der Waals surface area contributed by atoms with Crippen LogP contribution in [-0.2, 0) is 4.74 Å². The zero-order chi connectivity index (χ0) is 18.1. The summed E-state index contributed by atoms with van der Waals surface area (Å²) in [5.41, 5.74) is 1.49. The third-order valence-corrected chi connectivity index (χ3v) is 6.53. The Morgan fingerprint density at radius 1 is 1.19 bits per heavy atom. The number of ether oxygens (including phenoxy) is 1. The number of hydrogen-bond donors (Lipinski definition) is 3. The summed E-state index contributed by atoms with van der Waals surface area (Å²) >= 11 is 0. The molecule has 0 saturated heterocycles. The summed E-state index contributed by atoms with van der Waals surface area (Å²) in [5, 5.41) is 21.3. The summed E-state index contributed by atoms with van der Waals surface area (Å²) in [5.74, 6) is 2.29. The predicted octanol–water partition coefficient (Wildman–Crippen LogP) is 2.82. The van der Waals surface area contributed by atoms with E-state index in [1.165, 1.54) is 38.5 Å². The van der Waals surface area contributed by atoms with Gasteiger partial charge in [-0.15, -0.1) is 0 Å². The van der Waals surface area contributed by atoms with Crippen LogP contribution < -0.4 is 5.32 Å². The number of carbonyl (C=O) groups is 1. The lowest BCUT2D eigenvalue weighted by Crippen LogP contribution is -2.48. The summed E-state index contributed by atoms with van der Waals surface area (Å²) in [6, 6.07) is 7.14. The van der Waals surface area contributed by atoms with Crippen molar-refractivity contribution in [1.29, 1.82) is 0 Å². The number of nitrogens with one attached hydrogen (secondary N) is 1. The fraction of sp³-hybridized carbons (Fsp3) is 0.667. The molecule has 4 aliphatic carbocycles. The Balaban J connectivity index is 1.35. The van der Waals surface area contributed by atoms with Crippen LogP contribution in [0.25, 0.3) is 0 Å². The summed E-state index contributed by atoms with van der Waals surface area (Å²) in [7, 11) is 0. The Morgan fingerprint density at radius 2 is 1.85 bits per heavy atom. The zero-order valence-corrected chi connectivity index (χ0v) is 15.2. The fourth-order valence-corrected chi connectivity index (χ4v) is 5.83. The molecule has 1 unspecified atom stereocenters. The van der Waals surface area contributed by atoms with E-state index in [0.29, 0.717) is 12.2 Å². The number of rotatable bonds is 7. The lowest BCUT2D eigenvalue weighted by molar-refractivity contribution is -0.0848. The molecule has 0 aromatic heterocycles. The summed E-state index contributed by atoms with van der Waals surface area (Å²) in [4.78, 5) is 12.5. The van der Waals surface area contributed by atoms with Gasteiger partial charge in [0.15, 0.2) is 0 Å². The summed E-state index contributed by atoms with van der Waals surface area (Å²) in [6.45, 7) is 0.498. The van der Waals surface area contributed by atoms with Crippen molar-refractivity contribution < 1.29 is 19.7 Å². The Kier molecular flexibility index (Phi) is 4.93. The lowest BCUT2D eigenvalue weighted by Gasteiger charge is -2.56. The Morgan fingerprint density at radius 3 is 2.46 bits per heavy atom. The van der Waals surface area contributed by atoms with E-state index >= 15 is 0 Å². The highest BCUT2D eigenvalue weighted by Gasteiger charge is 2.51. The second-order valence-electron chi connectivity index (χ2n) is 8.79. The van der Waals surface area contributed by atoms with Gasteiger partial charge in [0.1, 0.15) is 0 Å². The largest absolute Gasteiger partial charge is 0.462 e. The van der Waals surface area contributed by atoms with Crippen molar-refractivity contribution in [1.82, 2.24) is 0 Å². The number of benzene rings is 1. The highest BCUT2D eigenvalue weighted by atomic mass is 16.5. The number of esters is 1. The molecule has 26 heavy (non-hydrogen) atoms. The molecule has 3 N–H and O–H groups in total. The van der Waals surface area contributed by atoms with Crippen LogP contribution in [0.2, 0.25) is 0 Å². The normalized spacial score (nSPS) is 33.1. The highest BCUT2D eigenvalue weighted by Crippen LogP contribution is 2.60. The molecule has 4 fully saturated rings. The van der Waals surface area contributed by atoms with E-state index in [1.807, 2.05) is 6.07 Å². The van der Waals surface area contributed by atoms with Gasteiger partial charge in [-0.2, -0.15) is 0 Å². The van der Waals surface area contributed by atoms with Gasteiger partial charge in [0.25, 0.3) is 0 Å². The lowest BCUT2D eigenvalue weighted by atomic mass is 9.50. The first-order chi connectivity index (χ1) is 12.5. The fourth-order valence-electron chi connectivity index (χ4n) is 5.83. The van der Waals surface area contributed by atoms with Crippen LogP contribution in [0.4, 0.5) is 5.69 Å². The third kappa shape index (κ3) is 3.74. The van der Waals surface area contributed by atoms with Crippen LogP contribution in [-0.4, -0.2) is 42.0 Å². The minimum Gasteiger partial charge on any atom is -0.462 e. The van der Waals surface area contributed by atoms with Crippen LogP contribution in [0.3, 0.4) is 0 Å². The average Bonchev–Trinajstić information content (AvgIpc) is 2.63. The molecule has 5 heteroatoms. The maximum absolute atomic E-state index is 12.5. The third-order valence-electron chi connectivity index (χ3n) is 6.53. The molecule has 1 aromatic rings. The molecule has 0 radical (unpaired) electrons. The molecular weight excluding hydrogens is 330 g/mol. The molecule has 4 saturated carbocycles. The van der Waals surface area contributed by atoms with E-state index in [9.17, 15) is 9.90 Å². The van der Waals surface area contributed by atoms with Gasteiger partial charge in [0, 0.05) is 17.6 Å². The maximum atomic E-state index is 12.5. The van der Waals surface area contributed by atoms with Crippen LogP contribution >= 0.6 is 0 Å². The van der Waals surface area contributed by atoms with Crippen molar-refractivity contribution in [3.8, 4) is 0 Å². The van der Waals surface area contributed by atoms with E-state index in [4.69, 9.17) is 9.84 Å². The molecule has 1 aromatic carbocycles. The number of hydrogen-bond acceptors (Lipinski definition) is 5. The standard InChI is InChI=1S/C21H29NO4/c23-12-19(24)11-22-18-3-1-2-17(7-18)20(25)26-13-21-8-14-4-15(9-21)6-16(5-14)10-21/h1-3,7,14-16,19,22-24H,4-6,8-13H2. The van der Waals surface area contributed by atoms with E-state index in [-0.39, 0.29) is 24.5 Å². The maximum Gasteiger partial charge on any atom is 0.338 e. The molecule has 5 rings (SSSR count). The second-order valence-corrected chi connectivity index (χ2v) is 8.79. The number of carbonyl (C=O) groups excluding carboxylic acids is 1. The molecular formula is C21H29NO4. The quantitative estimate of drug-likeness (QED) is 0.653. The summed E-state index contributed by atoms with van der Waals surface area (Å²) < 4.78 is 5.76. The van der Waals surface area contributed by atoms with Crippen molar-refractivity contribution in [2.24, 2.45) is 23.2 Å². The first-order valence-corrected chi connectivity index (χ1v) is 9.85. The van der Waals surface area contributed by atoms with Crippen molar-refractivity contribution in [2.75, 3.05) is 25.1 Å². The number of aliphatic hydroxyl groups excluding tert-OH is 2. The van der Waals surface area contributed by atoms with Gasteiger partial charge in [-0.25, -0.2) is 4.79 Å². The predicted molar refractivity (Wildman–Crippen MR) is 98.9 cm³/mol. The average molecular weight is 359 g/mol. The SMILES string of the molecule is O=C(OCC12CC3CC(CC(C3)C1)C2)c1cccc(NCC(O)CO)c1. The molecule has 4 bridgehead atoms. The molecule has 4 aliphatic rings. The van der Waals surface area contributed by atoms with E-state index in [1.54, 1.807) is 18.2 Å². The van der Waals surface area contributed by atoms with Gasteiger partial charge in [-0.3, -0.25) is 0 Å². The summed E-state index contributed by atoms with van der Waals surface area (Å²) in [6.07, 6.45) is 7.04. The van der Waals surface area contributed by atoms with Gasteiger partial charge in [-0.05, 0) is 74.5 Å². The van der Waals surface area contributed by atoms with E-state index < -0.39 is 6.10 Å². The first-order valence-electron chi connectivity index (χ1n) is 9.85. The topological polar surface area (TPSA) is 78.8 Å². The number of anilines is 1. The van der Waals surface area contributed by atoms with Crippen molar-refractivity contribution in [2.45, 2.75) is 44.6 Å². The second kappa shape index (κ2) is 7.20. The van der Waals surface area contributed by atoms with Crippen LogP contribution in [0, 0.1) is 23.2 Å². The minimum atomic E-state index is -0.818. The molecule has 1 atom stereocenters. The molecule has 0 aliphatic heterocycles. The Bertz CT molecular complexity index is 624. The van der Waals surface area contributed by atoms with Crippen molar-refractivity contribution in [3.63, 3.8) is 0 Å². The minimum absolute atomic E-state index is 0.228. The van der Waals surface area contributed by atoms with Crippen LogP contribution in [0.1, 0.15) is 48.9 Å². The first kappa shape index (κ1) is 17.8. The van der Waals surface area contributed by atoms with Gasteiger partial charge in [0.2, 0.25) is 0 Å². The highest BCUT2D eigenvalue weighted by molar-refractivity contribution is 5.90. The van der Waals surface area contributed by atoms with Crippen molar-refractivity contribution >= 4 is 11.7 Å². The smallest absolute Gasteiger partial charge is 0.338 e. The Hall–Kier alpha value is -1.59. The molecule has 0 spiro atoms. The monoisotopic (exact) mass is 359 g/mol. The van der Waals surface area contributed by atoms with Crippen LogP contribution in [0.15, 0.2) is 24.3 Å². The van der Waals surface area contributed by atoms with Gasteiger partial charge < -0.3 is 20.3 Å². The molecule has 0 amide bonds. The van der Waals surface area contributed by atoms with Crippen molar-refractivity contribution in [3.05, 3.63) is 29.8 Å². The molecule has 142 valence electrons. The van der Waals surface area contributed by atoms with Gasteiger partial charge in [0.05, 0.1) is 24.9 Å². The Labute approximate surface area is 154 Å². The van der Waals surface area contributed by atoms with E-state index in [2.05, 4.69) is 5.32 Å². The number of aliphatic hydroxyl groups is 2. The van der Waals surface area contributed by atoms with Crippen LogP contribution in [0.5, 0.6) is 0 Å².